The zero-order valence-electron chi connectivity index (χ0n) is 14.2. The Morgan fingerprint density at radius 3 is 2.56 bits per heavy atom. The third-order valence-corrected chi connectivity index (χ3v) is 6.28. The number of oxime groups is 1. The SMILES string of the molecule is N/C(=N\OC(=O)[C@@H]1CCCN1S(=O)(=O)c1ccc(Cl)cc1)c1ccncc1. The third-order valence-electron chi connectivity index (χ3n) is 4.11. The lowest BCUT2D eigenvalue weighted by atomic mass is 10.2. The zero-order valence-corrected chi connectivity index (χ0v) is 15.7. The lowest BCUT2D eigenvalue weighted by molar-refractivity contribution is -0.147. The first-order valence-electron chi connectivity index (χ1n) is 8.12. The number of hydrogen-bond acceptors (Lipinski definition) is 6. The molecule has 1 aliphatic heterocycles. The van der Waals surface area contributed by atoms with Crippen LogP contribution in [0.25, 0.3) is 0 Å². The fourth-order valence-corrected chi connectivity index (χ4v) is 4.51. The molecule has 2 N–H and O–H groups in total. The number of hydrogen-bond donors (Lipinski definition) is 1. The van der Waals surface area contributed by atoms with Crippen LogP contribution in [0.15, 0.2) is 58.8 Å². The number of aromatic nitrogens is 1. The van der Waals surface area contributed by atoms with Crippen molar-refractivity contribution in [2.75, 3.05) is 6.54 Å². The van der Waals surface area contributed by atoms with Gasteiger partial charge in [0.15, 0.2) is 5.84 Å². The van der Waals surface area contributed by atoms with E-state index in [1.54, 1.807) is 12.1 Å². The van der Waals surface area contributed by atoms with Crippen LogP contribution in [0.4, 0.5) is 0 Å². The van der Waals surface area contributed by atoms with E-state index in [2.05, 4.69) is 10.1 Å². The number of halogens is 1. The number of sulfonamides is 1. The molecule has 1 atom stereocenters. The quantitative estimate of drug-likeness (QED) is 0.349. The van der Waals surface area contributed by atoms with E-state index in [-0.39, 0.29) is 17.3 Å². The highest BCUT2D eigenvalue weighted by molar-refractivity contribution is 7.89. The van der Waals surface area contributed by atoms with Gasteiger partial charge in [0.1, 0.15) is 6.04 Å². The van der Waals surface area contributed by atoms with Crippen LogP contribution in [0.2, 0.25) is 5.02 Å². The molecule has 10 heteroatoms. The van der Waals surface area contributed by atoms with Gasteiger partial charge in [-0.1, -0.05) is 16.8 Å². The number of nitrogens with zero attached hydrogens (tertiary/aromatic N) is 3. The van der Waals surface area contributed by atoms with E-state index < -0.39 is 22.0 Å². The average molecular weight is 409 g/mol. The molecular formula is C17H17ClN4O4S. The topological polar surface area (TPSA) is 115 Å². The second kappa shape index (κ2) is 8.03. The molecule has 8 nitrogen and oxygen atoms in total. The largest absolute Gasteiger partial charge is 0.380 e. The Morgan fingerprint density at radius 2 is 1.89 bits per heavy atom. The van der Waals surface area contributed by atoms with Crippen molar-refractivity contribution in [3.05, 3.63) is 59.4 Å². The minimum Gasteiger partial charge on any atom is -0.380 e. The Morgan fingerprint density at radius 1 is 1.22 bits per heavy atom. The number of rotatable bonds is 5. The van der Waals surface area contributed by atoms with E-state index in [1.807, 2.05) is 0 Å². The maximum absolute atomic E-state index is 12.8. The van der Waals surface area contributed by atoms with Crippen molar-refractivity contribution in [2.24, 2.45) is 10.9 Å². The van der Waals surface area contributed by atoms with Crippen molar-refractivity contribution < 1.29 is 18.0 Å². The van der Waals surface area contributed by atoms with E-state index in [0.29, 0.717) is 23.4 Å². The maximum atomic E-state index is 12.8. The second-order valence-corrected chi connectivity index (χ2v) is 8.18. The van der Waals surface area contributed by atoms with Crippen LogP contribution < -0.4 is 5.73 Å². The molecule has 0 aliphatic carbocycles. The van der Waals surface area contributed by atoms with Crippen LogP contribution in [0, 0.1) is 0 Å². The van der Waals surface area contributed by atoms with Crippen LogP contribution in [0.1, 0.15) is 18.4 Å². The summed E-state index contributed by atoms with van der Waals surface area (Å²) in [5.41, 5.74) is 6.31. The fraction of sp³-hybridized carbons (Fsp3) is 0.235. The average Bonchev–Trinajstić information content (AvgIpc) is 3.18. The van der Waals surface area contributed by atoms with Crippen LogP contribution in [0.3, 0.4) is 0 Å². The van der Waals surface area contributed by atoms with E-state index in [4.69, 9.17) is 22.2 Å². The Kier molecular flexibility index (Phi) is 5.73. The summed E-state index contributed by atoms with van der Waals surface area (Å²) >= 11 is 5.81. The molecule has 142 valence electrons. The molecule has 0 saturated carbocycles. The van der Waals surface area contributed by atoms with Gasteiger partial charge >= 0.3 is 5.97 Å². The van der Waals surface area contributed by atoms with Gasteiger partial charge in [0.2, 0.25) is 10.0 Å². The van der Waals surface area contributed by atoms with E-state index in [0.717, 1.165) is 4.31 Å². The van der Waals surface area contributed by atoms with Crippen molar-refractivity contribution in [1.29, 1.82) is 0 Å². The summed E-state index contributed by atoms with van der Waals surface area (Å²) in [6.45, 7) is 0.217. The smallest absolute Gasteiger partial charge is 0.353 e. The monoisotopic (exact) mass is 408 g/mol. The predicted molar refractivity (Wildman–Crippen MR) is 99.4 cm³/mol. The molecule has 3 rings (SSSR count). The first-order valence-corrected chi connectivity index (χ1v) is 9.93. The summed E-state index contributed by atoms with van der Waals surface area (Å²) < 4.78 is 26.8. The maximum Gasteiger partial charge on any atom is 0.353 e. The number of carbonyl (C=O) groups excluding carboxylic acids is 1. The number of benzene rings is 1. The summed E-state index contributed by atoms with van der Waals surface area (Å²) in [5, 5.41) is 4.04. The molecule has 2 aromatic rings. The summed E-state index contributed by atoms with van der Waals surface area (Å²) in [4.78, 5) is 21.2. The normalized spacial score (nSPS) is 18.4. The lowest BCUT2D eigenvalue weighted by Crippen LogP contribution is -2.41. The standard InChI is InChI=1S/C17H17ClN4O4S/c18-13-3-5-14(6-4-13)27(24,25)22-11-1-2-15(22)17(23)26-21-16(19)12-7-9-20-10-8-12/h3-10,15H,1-2,11H2,(H2,19,21)/t15-/m0/s1. The number of nitrogens with two attached hydrogens (primary N) is 1. The van der Waals surface area contributed by atoms with Gasteiger partial charge in [-0.2, -0.15) is 4.31 Å². The Labute approximate surface area is 161 Å². The minimum absolute atomic E-state index is 0.00384. The van der Waals surface area contributed by atoms with Crippen molar-refractivity contribution in [1.82, 2.24) is 9.29 Å². The van der Waals surface area contributed by atoms with Crippen LogP contribution in [-0.2, 0) is 19.7 Å². The summed E-state index contributed by atoms with van der Waals surface area (Å²) in [7, 11) is -3.85. The molecule has 1 aliphatic rings. The van der Waals surface area contributed by atoms with Gasteiger partial charge in [0.25, 0.3) is 0 Å². The first kappa shape index (κ1) is 19.3. The van der Waals surface area contributed by atoms with Crippen LogP contribution >= 0.6 is 11.6 Å². The highest BCUT2D eigenvalue weighted by Gasteiger charge is 2.40. The summed E-state index contributed by atoms with van der Waals surface area (Å²) in [6, 6.07) is 8.03. The molecule has 1 fully saturated rings. The Balaban J connectivity index is 1.75. The molecule has 1 saturated heterocycles. The van der Waals surface area contributed by atoms with E-state index in [9.17, 15) is 13.2 Å². The third kappa shape index (κ3) is 4.26. The molecule has 0 bridgehead atoms. The highest BCUT2D eigenvalue weighted by Crippen LogP contribution is 2.27. The van der Waals surface area contributed by atoms with Crippen LogP contribution in [-0.4, -0.2) is 42.1 Å². The van der Waals surface area contributed by atoms with Gasteiger partial charge in [0.05, 0.1) is 4.90 Å². The Bertz CT molecular complexity index is 949. The molecule has 0 unspecified atom stereocenters. The number of pyridine rings is 1. The minimum atomic E-state index is -3.85. The molecule has 2 heterocycles. The summed E-state index contributed by atoms with van der Waals surface area (Å²) in [5.74, 6) is -0.780. The van der Waals surface area contributed by atoms with Crippen molar-refractivity contribution >= 4 is 33.4 Å². The van der Waals surface area contributed by atoms with Gasteiger partial charge in [-0.15, -0.1) is 0 Å². The van der Waals surface area contributed by atoms with Crippen molar-refractivity contribution in [3.8, 4) is 0 Å². The first-order chi connectivity index (χ1) is 12.9. The van der Waals surface area contributed by atoms with Gasteiger partial charge in [-0.05, 0) is 49.2 Å². The number of carbonyl (C=O) groups is 1. The highest BCUT2D eigenvalue weighted by atomic mass is 35.5. The van der Waals surface area contributed by atoms with Gasteiger partial charge in [0, 0.05) is 29.5 Å². The van der Waals surface area contributed by atoms with Crippen molar-refractivity contribution in [2.45, 2.75) is 23.8 Å². The second-order valence-electron chi connectivity index (χ2n) is 5.85. The zero-order chi connectivity index (χ0) is 19.4. The van der Waals surface area contributed by atoms with Gasteiger partial charge < -0.3 is 10.6 Å². The molecule has 0 radical (unpaired) electrons. The Hall–Kier alpha value is -2.49. The molecule has 0 spiro atoms. The van der Waals surface area contributed by atoms with Gasteiger partial charge in [-0.25, -0.2) is 13.2 Å². The number of amidine groups is 1. The van der Waals surface area contributed by atoms with Crippen LogP contribution in [0.5, 0.6) is 0 Å². The predicted octanol–water partition coefficient (Wildman–Crippen LogP) is 1.75. The summed E-state index contributed by atoms with van der Waals surface area (Å²) in [6.07, 6.45) is 3.93. The van der Waals surface area contributed by atoms with E-state index in [1.165, 1.54) is 36.7 Å². The molecule has 1 aromatic heterocycles. The fourth-order valence-electron chi connectivity index (χ4n) is 2.74. The molecular weight excluding hydrogens is 392 g/mol. The van der Waals surface area contributed by atoms with Crippen molar-refractivity contribution in [3.63, 3.8) is 0 Å². The van der Waals surface area contributed by atoms with E-state index >= 15 is 0 Å². The molecule has 1 aromatic carbocycles. The molecule has 27 heavy (non-hydrogen) atoms. The molecule has 0 amide bonds. The van der Waals surface area contributed by atoms with Gasteiger partial charge in [-0.3, -0.25) is 4.98 Å². The lowest BCUT2D eigenvalue weighted by Gasteiger charge is -2.21.